The normalized spacial score (nSPS) is 10.9. The predicted molar refractivity (Wildman–Crippen MR) is 64.1 cm³/mol. The van der Waals surface area contributed by atoms with Crippen molar-refractivity contribution in [3.8, 4) is 0 Å². The molecule has 0 aliphatic heterocycles. The van der Waals surface area contributed by atoms with E-state index < -0.39 is 0 Å². The lowest BCUT2D eigenvalue weighted by atomic mass is 10.3. The molecule has 13 heavy (non-hydrogen) atoms. The Morgan fingerprint density at radius 3 is 3.00 bits per heavy atom. The number of nitrogen functional groups attached to an aromatic ring is 1. The van der Waals surface area contributed by atoms with E-state index in [0.29, 0.717) is 0 Å². The first kappa shape index (κ1) is 10.7. The standard InChI is InChI=1S/C10H12BrNS/c1-2-3-6-13-10-7-8(11)4-5-9(10)12/h2-5,7H,6,12H2,1H3/b3-2+. The summed E-state index contributed by atoms with van der Waals surface area (Å²) in [6, 6.07) is 5.92. The highest BCUT2D eigenvalue weighted by Gasteiger charge is 1.98. The minimum absolute atomic E-state index is 0.845. The van der Waals surface area contributed by atoms with Gasteiger partial charge in [-0.2, -0.15) is 0 Å². The molecular formula is C10H12BrNS. The molecule has 0 fully saturated rings. The molecule has 0 amide bonds. The van der Waals surface area contributed by atoms with Gasteiger partial charge in [0.05, 0.1) is 0 Å². The van der Waals surface area contributed by atoms with E-state index in [1.807, 2.05) is 31.2 Å². The Kier molecular flexibility index (Phi) is 4.39. The third kappa shape index (κ3) is 3.44. The second kappa shape index (κ2) is 5.35. The molecule has 0 radical (unpaired) electrons. The summed E-state index contributed by atoms with van der Waals surface area (Å²) in [7, 11) is 0. The highest BCUT2D eigenvalue weighted by atomic mass is 79.9. The van der Waals surface area contributed by atoms with Crippen LogP contribution in [0.5, 0.6) is 0 Å². The van der Waals surface area contributed by atoms with Gasteiger partial charge in [-0.1, -0.05) is 28.1 Å². The lowest BCUT2D eigenvalue weighted by Crippen LogP contribution is -1.88. The average Bonchev–Trinajstić information content (AvgIpc) is 2.11. The molecule has 70 valence electrons. The molecule has 0 aromatic heterocycles. The minimum Gasteiger partial charge on any atom is -0.398 e. The van der Waals surface area contributed by atoms with Gasteiger partial charge in [0.25, 0.3) is 0 Å². The first-order chi connectivity index (χ1) is 6.24. The van der Waals surface area contributed by atoms with Crippen LogP contribution in [-0.2, 0) is 0 Å². The van der Waals surface area contributed by atoms with Crippen LogP contribution >= 0.6 is 27.7 Å². The Bertz CT molecular complexity index is 310. The monoisotopic (exact) mass is 257 g/mol. The molecule has 0 bridgehead atoms. The Morgan fingerprint density at radius 1 is 1.54 bits per heavy atom. The number of hydrogen-bond donors (Lipinski definition) is 1. The van der Waals surface area contributed by atoms with Crippen molar-refractivity contribution in [2.24, 2.45) is 0 Å². The Labute approximate surface area is 91.5 Å². The highest BCUT2D eigenvalue weighted by Crippen LogP contribution is 2.28. The van der Waals surface area contributed by atoms with Gasteiger partial charge in [0.15, 0.2) is 0 Å². The molecule has 0 atom stereocenters. The number of benzene rings is 1. The smallest absolute Gasteiger partial charge is 0.0453 e. The van der Waals surface area contributed by atoms with E-state index in [1.165, 1.54) is 0 Å². The Morgan fingerprint density at radius 2 is 2.31 bits per heavy atom. The molecule has 0 saturated heterocycles. The summed E-state index contributed by atoms with van der Waals surface area (Å²) >= 11 is 5.16. The second-order valence-corrected chi connectivity index (χ2v) is 4.54. The fraction of sp³-hybridized carbons (Fsp3) is 0.200. The lowest BCUT2D eigenvalue weighted by Gasteiger charge is -2.03. The van der Waals surface area contributed by atoms with Crippen molar-refractivity contribution in [3.05, 3.63) is 34.8 Å². The van der Waals surface area contributed by atoms with Gasteiger partial charge < -0.3 is 5.73 Å². The molecule has 1 rings (SSSR count). The molecule has 2 N–H and O–H groups in total. The van der Waals surface area contributed by atoms with Gasteiger partial charge in [-0.3, -0.25) is 0 Å². The second-order valence-electron chi connectivity index (χ2n) is 2.56. The van der Waals surface area contributed by atoms with Crippen molar-refractivity contribution in [1.29, 1.82) is 0 Å². The van der Waals surface area contributed by atoms with E-state index in [2.05, 4.69) is 22.0 Å². The summed E-state index contributed by atoms with van der Waals surface area (Å²) in [4.78, 5) is 1.13. The molecule has 1 aromatic carbocycles. The third-order valence-corrected chi connectivity index (χ3v) is 3.06. The maximum atomic E-state index is 5.81. The number of thioether (sulfide) groups is 1. The SMILES string of the molecule is C/C=C/CSc1cc(Br)ccc1N. The van der Waals surface area contributed by atoms with Crippen LogP contribution in [0.3, 0.4) is 0 Å². The van der Waals surface area contributed by atoms with Crippen molar-refractivity contribution >= 4 is 33.4 Å². The molecule has 0 aliphatic rings. The highest BCUT2D eigenvalue weighted by molar-refractivity contribution is 9.10. The van der Waals surface area contributed by atoms with E-state index in [1.54, 1.807) is 11.8 Å². The Hall–Kier alpha value is -0.410. The van der Waals surface area contributed by atoms with Crippen LogP contribution in [0.1, 0.15) is 6.92 Å². The molecule has 1 aromatic rings. The van der Waals surface area contributed by atoms with E-state index in [-0.39, 0.29) is 0 Å². The van der Waals surface area contributed by atoms with Gasteiger partial charge in [-0.15, -0.1) is 11.8 Å². The first-order valence-electron chi connectivity index (χ1n) is 4.03. The maximum absolute atomic E-state index is 5.81. The van der Waals surface area contributed by atoms with Gasteiger partial charge >= 0.3 is 0 Å². The van der Waals surface area contributed by atoms with Crippen LogP contribution in [0.2, 0.25) is 0 Å². The molecule has 3 heteroatoms. The van der Waals surface area contributed by atoms with Gasteiger partial charge in [-0.05, 0) is 25.1 Å². The van der Waals surface area contributed by atoms with Gasteiger partial charge in [0, 0.05) is 20.8 Å². The van der Waals surface area contributed by atoms with Crippen LogP contribution in [-0.4, -0.2) is 5.75 Å². The predicted octanol–water partition coefficient (Wildman–Crippen LogP) is 3.70. The summed E-state index contributed by atoms with van der Waals surface area (Å²) in [6.07, 6.45) is 4.16. The fourth-order valence-electron chi connectivity index (χ4n) is 0.867. The van der Waals surface area contributed by atoms with Crippen molar-refractivity contribution in [2.75, 3.05) is 11.5 Å². The zero-order valence-corrected chi connectivity index (χ0v) is 9.86. The molecule has 1 nitrogen and oxygen atoms in total. The maximum Gasteiger partial charge on any atom is 0.0453 e. The number of rotatable bonds is 3. The van der Waals surface area contributed by atoms with Crippen molar-refractivity contribution < 1.29 is 0 Å². The van der Waals surface area contributed by atoms with Crippen LogP contribution in [0.4, 0.5) is 5.69 Å². The average molecular weight is 258 g/mol. The third-order valence-electron chi connectivity index (χ3n) is 1.55. The lowest BCUT2D eigenvalue weighted by molar-refractivity contribution is 1.43. The molecule has 0 saturated carbocycles. The molecule has 0 aliphatic carbocycles. The van der Waals surface area contributed by atoms with Crippen LogP contribution < -0.4 is 5.73 Å². The van der Waals surface area contributed by atoms with Crippen LogP contribution in [0.25, 0.3) is 0 Å². The first-order valence-corrected chi connectivity index (χ1v) is 5.81. The topological polar surface area (TPSA) is 26.0 Å². The number of halogens is 1. The van der Waals surface area contributed by atoms with Gasteiger partial charge in [-0.25, -0.2) is 0 Å². The number of hydrogen-bond acceptors (Lipinski definition) is 2. The van der Waals surface area contributed by atoms with Gasteiger partial charge in [0.2, 0.25) is 0 Å². The summed E-state index contributed by atoms with van der Waals surface area (Å²) in [6.45, 7) is 2.02. The van der Waals surface area contributed by atoms with Gasteiger partial charge in [0.1, 0.15) is 0 Å². The fourth-order valence-corrected chi connectivity index (χ4v) is 2.29. The van der Waals surface area contributed by atoms with Crippen molar-refractivity contribution in [1.82, 2.24) is 0 Å². The number of anilines is 1. The summed E-state index contributed by atoms with van der Waals surface area (Å²) in [5, 5.41) is 0. The number of allylic oxidation sites excluding steroid dienone is 1. The summed E-state index contributed by atoms with van der Waals surface area (Å²) < 4.78 is 1.07. The van der Waals surface area contributed by atoms with E-state index in [0.717, 1.165) is 20.8 Å². The minimum atomic E-state index is 0.845. The Balaban J connectivity index is 2.69. The zero-order valence-electron chi connectivity index (χ0n) is 7.46. The molecule has 0 spiro atoms. The van der Waals surface area contributed by atoms with Crippen LogP contribution in [0.15, 0.2) is 39.7 Å². The summed E-state index contributed by atoms with van der Waals surface area (Å²) in [5.74, 6) is 0.969. The number of nitrogens with two attached hydrogens (primary N) is 1. The van der Waals surface area contributed by atoms with E-state index >= 15 is 0 Å². The van der Waals surface area contributed by atoms with E-state index in [9.17, 15) is 0 Å². The molecular weight excluding hydrogens is 246 g/mol. The molecule has 0 heterocycles. The summed E-state index contributed by atoms with van der Waals surface area (Å²) in [5.41, 5.74) is 6.65. The van der Waals surface area contributed by atoms with Crippen LogP contribution in [0, 0.1) is 0 Å². The van der Waals surface area contributed by atoms with Crippen molar-refractivity contribution in [2.45, 2.75) is 11.8 Å². The van der Waals surface area contributed by atoms with E-state index in [4.69, 9.17) is 5.73 Å². The van der Waals surface area contributed by atoms with Crippen molar-refractivity contribution in [3.63, 3.8) is 0 Å². The quantitative estimate of drug-likeness (QED) is 0.508. The zero-order chi connectivity index (χ0) is 9.68. The largest absolute Gasteiger partial charge is 0.398 e. The molecule has 0 unspecified atom stereocenters.